The normalized spacial score (nSPS) is 27.7. The van der Waals surface area contributed by atoms with E-state index in [1.54, 1.807) is 30.3 Å². The number of carbonyl (C=O) groups excluding carboxylic acids is 4. The predicted octanol–water partition coefficient (Wildman–Crippen LogP) is 3.25. The van der Waals surface area contributed by atoms with Crippen LogP contribution in [0.1, 0.15) is 42.3 Å². The Morgan fingerprint density at radius 3 is 1.62 bits per heavy atom. The first kappa shape index (κ1) is 41.4. The van der Waals surface area contributed by atoms with Gasteiger partial charge < -0.3 is 53.1 Å². The van der Waals surface area contributed by atoms with E-state index in [-0.39, 0.29) is 19.8 Å². The fourth-order valence-electron chi connectivity index (χ4n) is 6.29. The van der Waals surface area contributed by atoms with Gasteiger partial charge in [0.2, 0.25) is 0 Å². The van der Waals surface area contributed by atoms with Gasteiger partial charge in [0.25, 0.3) is 0 Å². The molecule has 15 nitrogen and oxygen atoms in total. The molecule has 2 heterocycles. The summed E-state index contributed by atoms with van der Waals surface area (Å²) < 4.78 is 60.3. The topological polar surface area (TPSA) is 187 Å². The fourth-order valence-corrected chi connectivity index (χ4v) is 6.29. The van der Waals surface area contributed by atoms with E-state index >= 15 is 0 Å². The number of ether oxygens (including phenoxy) is 10. The first-order valence-corrected chi connectivity index (χ1v) is 17.8. The highest BCUT2D eigenvalue weighted by molar-refractivity contribution is 5.89. The molecule has 2 fully saturated rings. The number of rotatable bonds is 16. The van der Waals surface area contributed by atoms with Gasteiger partial charge >= 0.3 is 23.9 Å². The quantitative estimate of drug-likeness (QED) is 0.165. The van der Waals surface area contributed by atoms with Crippen molar-refractivity contribution < 1.29 is 66.5 Å². The molecule has 0 unspecified atom stereocenters. The zero-order chi connectivity index (χ0) is 39.3. The van der Waals surface area contributed by atoms with Crippen molar-refractivity contribution in [2.24, 2.45) is 5.73 Å². The van der Waals surface area contributed by atoms with Crippen LogP contribution < -0.4 is 5.73 Å². The minimum Gasteiger partial charge on any atom is -0.463 e. The summed E-state index contributed by atoms with van der Waals surface area (Å²) in [6.45, 7) is 3.03. The largest absolute Gasteiger partial charge is 0.463 e. The Balaban J connectivity index is 1.52. The Morgan fingerprint density at radius 1 is 0.582 bits per heavy atom. The maximum atomic E-state index is 13.2. The number of nitrogens with two attached hydrogens (primary N) is 1. The second-order valence-electron chi connectivity index (χ2n) is 12.9. The molecule has 5 rings (SSSR count). The van der Waals surface area contributed by atoms with E-state index in [4.69, 9.17) is 53.1 Å². The molecule has 296 valence electrons. The van der Waals surface area contributed by atoms with Gasteiger partial charge in [0.1, 0.15) is 43.7 Å². The minimum atomic E-state index is -1.42. The average molecular weight is 766 g/mol. The highest BCUT2D eigenvalue weighted by Gasteiger charge is 2.54. The van der Waals surface area contributed by atoms with Crippen molar-refractivity contribution in [3.63, 3.8) is 0 Å². The van der Waals surface area contributed by atoms with Crippen LogP contribution in [0.5, 0.6) is 0 Å². The molecule has 2 saturated heterocycles. The lowest BCUT2D eigenvalue weighted by Gasteiger charge is -2.49. The van der Waals surface area contributed by atoms with Crippen LogP contribution in [0.2, 0.25) is 0 Å². The summed E-state index contributed by atoms with van der Waals surface area (Å²) >= 11 is 0. The third-order valence-corrected chi connectivity index (χ3v) is 8.82. The number of methoxy groups -OCH3 is 1. The van der Waals surface area contributed by atoms with Crippen molar-refractivity contribution >= 4 is 23.9 Å². The van der Waals surface area contributed by atoms with Gasteiger partial charge in [0, 0.05) is 27.9 Å². The summed E-state index contributed by atoms with van der Waals surface area (Å²) in [6.07, 6.45) is -10.4. The monoisotopic (exact) mass is 765 g/mol. The summed E-state index contributed by atoms with van der Waals surface area (Å²) in [6, 6.07) is 26.0. The molecule has 0 amide bonds. The summed E-state index contributed by atoms with van der Waals surface area (Å²) in [5.74, 6) is -2.70. The first-order valence-electron chi connectivity index (χ1n) is 17.8. The van der Waals surface area contributed by atoms with Crippen molar-refractivity contribution in [1.29, 1.82) is 0 Å². The smallest absolute Gasteiger partial charge is 0.338 e. The summed E-state index contributed by atoms with van der Waals surface area (Å²) in [5.41, 5.74) is 8.71. The van der Waals surface area contributed by atoms with Crippen LogP contribution in [0.3, 0.4) is 0 Å². The number of hydrogen-bond donors (Lipinski definition) is 1. The van der Waals surface area contributed by atoms with Gasteiger partial charge in [-0.05, 0) is 23.3 Å². The fraction of sp³-hybridized carbons (Fsp3) is 0.450. The Hall–Kier alpha value is -4.74. The van der Waals surface area contributed by atoms with E-state index in [1.165, 1.54) is 27.9 Å². The van der Waals surface area contributed by atoms with Gasteiger partial charge in [-0.15, -0.1) is 0 Å². The SMILES string of the molecule is CO[C@H]1O[C@H](COC(=O)c2ccccc2)[C@H](O[C@@H]2O[C@H](COC(C)=O)[C@H](OC(C)=O)[C@@H](OC(C)=O)[C@H]2N)[C@H](OCc2ccccc2)[C@H]1OCc1ccccc1. The molecule has 2 aliphatic heterocycles. The molecule has 0 aromatic heterocycles. The predicted molar refractivity (Wildman–Crippen MR) is 192 cm³/mol. The Bertz CT molecular complexity index is 1680. The molecule has 2 N–H and O–H groups in total. The van der Waals surface area contributed by atoms with Gasteiger partial charge in [-0.3, -0.25) is 14.4 Å². The van der Waals surface area contributed by atoms with E-state index in [0.29, 0.717) is 5.56 Å². The molecule has 0 spiro atoms. The molecule has 15 heteroatoms. The van der Waals surface area contributed by atoms with Crippen LogP contribution in [-0.4, -0.2) is 106 Å². The highest BCUT2D eigenvalue weighted by atomic mass is 16.8. The zero-order valence-corrected chi connectivity index (χ0v) is 31.1. The zero-order valence-electron chi connectivity index (χ0n) is 31.1. The van der Waals surface area contributed by atoms with Gasteiger partial charge in [-0.25, -0.2) is 4.79 Å². The van der Waals surface area contributed by atoms with Crippen LogP contribution in [0.4, 0.5) is 0 Å². The summed E-state index contributed by atoms with van der Waals surface area (Å²) in [5, 5.41) is 0. The standard InChI is InChI=1S/C40H47NO14/c1-24(42)47-22-30-33(51-25(2)43)35(52-26(3)44)32(41)39(53-30)55-34-31(23-50-38(45)29-18-12-7-13-19-29)54-40(46-4)37(49-21-28-16-10-6-11-17-28)36(34)48-20-27-14-8-5-9-15-27/h5-19,30-37,39-40H,20-23,41H2,1-4H3/t30-,31-,32-,33+,34+,35+,36+,37-,39+,40+/m1/s1. The van der Waals surface area contributed by atoms with Gasteiger partial charge in [-0.2, -0.15) is 0 Å². The van der Waals surface area contributed by atoms with Gasteiger partial charge in [-0.1, -0.05) is 78.9 Å². The van der Waals surface area contributed by atoms with Crippen LogP contribution in [0.15, 0.2) is 91.0 Å². The Kier molecular flexibility index (Phi) is 15.3. The second-order valence-corrected chi connectivity index (χ2v) is 12.9. The van der Waals surface area contributed by atoms with Crippen molar-refractivity contribution in [1.82, 2.24) is 0 Å². The Labute approximate surface area is 319 Å². The molecule has 0 saturated carbocycles. The molecule has 55 heavy (non-hydrogen) atoms. The van der Waals surface area contributed by atoms with E-state index in [9.17, 15) is 19.2 Å². The molecule has 0 aliphatic carbocycles. The molecule has 3 aromatic carbocycles. The molecule has 2 aliphatic rings. The minimum absolute atomic E-state index is 0.0980. The van der Waals surface area contributed by atoms with Crippen LogP contribution in [0, 0.1) is 0 Å². The van der Waals surface area contributed by atoms with E-state index in [2.05, 4.69) is 0 Å². The summed E-state index contributed by atoms with van der Waals surface area (Å²) in [7, 11) is 1.45. The highest BCUT2D eigenvalue weighted by Crippen LogP contribution is 2.34. The number of carbonyl (C=O) groups is 4. The van der Waals surface area contributed by atoms with E-state index < -0.39 is 91.8 Å². The van der Waals surface area contributed by atoms with Crippen molar-refractivity contribution in [3.8, 4) is 0 Å². The van der Waals surface area contributed by atoms with E-state index in [1.807, 2.05) is 60.7 Å². The maximum Gasteiger partial charge on any atom is 0.338 e. The molecule has 0 bridgehead atoms. The molecule has 0 radical (unpaired) electrons. The van der Waals surface area contributed by atoms with Crippen LogP contribution in [0.25, 0.3) is 0 Å². The lowest BCUT2D eigenvalue weighted by molar-refractivity contribution is -0.354. The van der Waals surface area contributed by atoms with Crippen molar-refractivity contribution in [2.45, 2.75) is 95.3 Å². The number of esters is 4. The first-order chi connectivity index (χ1) is 26.5. The third kappa shape index (κ3) is 11.6. The molecule has 10 atom stereocenters. The average Bonchev–Trinajstić information content (AvgIpc) is 3.18. The summed E-state index contributed by atoms with van der Waals surface area (Å²) in [4.78, 5) is 49.6. The van der Waals surface area contributed by atoms with Gasteiger partial charge in [0.15, 0.2) is 24.8 Å². The Morgan fingerprint density at radius 2 is 1.07 bits per heavy atom. The molecular formula is C40H47NO14. The van der Waals surface area contributed by atoms with Crippen LogP contribution in [-0.2, 0) is 75.0 Å². The van der Waals surface area contributed by atoms with Crippen molar-refractivity contribution in [2.75, 3.05) is 20.3 Å². The maximum absolute atomic E-state index is 13.2. The van der Waals surface area contributed by atoms with E-state index in [0.717, 1.165) is 11.1 Å². The molecule has 3 aromatic rings. The van der Waals surface area contributed by atoms with Crippen LogP contribution >= 0.6 is 0 Å². The number of benzene rings is 3. The third-order valence-electron chi connectivity index (χ3n) is 8.82. The lowest BCUT2D eigenvalue weighted by Crippen LogP contribution is -2.68. The van der Waals surface area contributed by atoms with Gasteiger partial charge in [0.05, 0.1) is 24.8 Å². The lowest BCUT2D eigenvalue weighted by atomic mass is 9.95. The van der Waals surface area contributed by atoms with Crippen molar-refractivity contribution in [3.05, 3.63) is 108 Å². The molecular weight excluding hydrogens is 718 g/mol. The second kappa shape index (κ2) is 20.3. The number of hydrogen-bond acceptors (Lipinski definition) is 15.